The van der Waals surface area contributed by atoms with Crippen LogP contribution in [-0.2, 0) is 16.1 Å². The van der Waals surface area contributed by atoms with E-state index in [9.17, 15) is 9.59 Å². The number of hydrogen-bond donors (Lipinski definition) is 0. The van der Waals surface area contributed by atoms with Gasteiger partial charge in [-0.25, -0.2) is 4.90 Å². The number of hydrogen-bond acceptors (Lipinski definition) is 8. The minimum Gasteiger partial charge on any atom is -0.337 e. The molecule has 0 radical (unpaired) electrons. The molecule has 2 aromatic carbocycles. The van der Waals surface area contributed by atoms with E-state index in [1.165, 1.54) is 15.5 Å². The van der Waals surface area contributed by atoms with E-state index in [2.05, 4.69) is 20.5 Å². The fourth-order valence-corrected chi connectivity index (χ4v) is 3.76. The smallest absolute Gasteiger partial charge is 0.263 e. The van der Waals surface area contributed by atoms with E-state index in [0.29, 0.717) is 17.4 Å². The van der Waals surface area contributed by atoms with Gasteiger partial charge in [0.15, 0.2) is 12.1 Å². The maximum atomic E-state index is 13.1. The first-order chi connectivity index (χ1) is 14.9. The standard InChI is InChI=1S/C22H20N6O3/c1-12-4-8-16(9-5-12)28-21(29)18-19(22(28)30)27(26-24-18)11-17-23-20(25-31-17)15-7-6-13(2)14(3)10-15/h4-10,18-19H,11H2,1-3H3/t18-,19-/m1/s1. The molecular formula is C22H20N6O3. The van der Waals surface area contributed by atoms with Gasteiger partial charge in [0.1, 0.15) is 6.54 Å². The monoisotopic (exact) mass is 416 g/mol. The van der Waals surface area contributed by atoms with Crippen LogP contribution in [0.1, 0.15) is 22.6 Å². The van der Waals surface area contributed by atoms with Gasteiger partial charge in [-0.05, 0) is 50.1 Å². The lowest BCUT2D eigenvalue weighted by atomic mass is 10.1. The molecular weight excluding hydrogens is 396 g/mol. The number of benzene rings is 2. The molecule has 31 heavy (non-hydrogen) atoms. The quantitative estimate of drug-likeness (QED) is 0.605. The minimum atomic E-state index is -0.865. The normalized spacial score (nSPS) is 20.1. The third-order valence-corrected chi connectivity index (χ3v) is 5.68. The molecule has 156 valence electrons. The molecule has 0 bridgehead atoms. The fraction of sp³-hybridized carbons (Fsp3) is 0.273. The first-order valence-electron chi connectivity index (χ1n) is 9.94. The van der Waals surface area contributed by atoms with Gasteiger partial charge in [-0.15, -0.1) is 0 Å². The van der Waals surface area contributed by atoms with Crippen molar-refractivity contribution in [3.05, 3.63) is 65.0 Å². The number of anilines is 1. The summed E-state index contributed by atoms with van der Waals surface area (Å²) in [4.78, 5) is 31.5. The average molecular weight is 416 g/mol. The molecule has 2 aliphatic rings. The van der Waals surface area contributed by atoms with Crippen molar-refractivity contribution < 1.29 is 14.1 Å². The molecule has 5 rings (SSSR count). The Kier molecular flexibility index (Phi) is 4.39. The second kappa shape index (κ2) is 7.12. The molecule has 2 aliphatic heterocycles. The molecule has 3 heterocycles. The zero-order valence-corrected chi connectivity index (χ0v) is 17.3. The second-order valence-electron chi connectivity index (χ2n) is 7.85. The Morgan fingerprint density at radius 2 is 1.74 bits per heavy atom. The first-order valence-corrected chi connectivity index (χ1v) is 9.94. The maximum Gasteiger partial charge on any atom is 0.263 e. The first kappa shape index (κ1) is 19.1. The molecule has 1 fully saturated rings. The number of imide groups is 1. The van der Waals surface area contributed by atoms with Crippen molar-refractivity contribution in [1.82, 2.24) is 15.1 Å². The van der Waals surface area contributed by atoms with Crippen molar-refractivity contribution in [2.75, 3.05) is 4.90 Å². The van der Waals surface area contributed by atoms with Crippen LogP contribution in [-0.4, -0.2) is 39.0 Å². The predicted octanol–water partition coefficient (Wildman–Crippen LogP) is 3.16. The van der Waals surface area contributed by atoms with E-state index in [-0.39, 0.29) is 18.4 Å². The zero-order chi connectivity index (χ0) is 21.7. The lowest BCUT2D eigenvalue weighted by Crippen LogP contribution is -2.39. The number of nitrogens with zero attached hydrogens (tertiary/aromatic N) is 6. The van der Waals surface area contributed by atoms with E-state index in [1.54, 1.807) is 12.1 Å². The van der Waals surface area contributed by atoms with E-state index in [1.807, 2.05) is 51.1 Å². The van der Waals surface area contributed by atoms with Gasteiger partial charge in [-0.3, -0.25) is 14.6 Å². The molecule has 0 aliphatic carbocycles. The lowest BCUT2D eigenvalue weighted by molar-refractivity contribution is -0.123. The van der Waals surface area contributed by atoms with Gasteiger partial charge in [-0.2, -0.15) is 10.1 Å². The van der Waals surface area contributed by atoms with Crippen molar-refractivity contribution in [2.24, 2.45) is 10.3 Å². The Balaban J connectivity index is 1.36. The molecule has 1 aromatic heterocycles. The summed E-state index contributed by atoms with van der Waals surface area (Å²) in [5.74, 6) is 0.00644. The average Bonchev–Trinajstić information content (AvgIpc) is 3.44. The van der Waals surface area contributed by atoms with Crippen LogP contribution in [0.3, 0.4) is 0 Å². The highest BCUT2D eigenvalue weighted by Crippen LogP contribution is 2.33. The van der Waals surface area contributed by atoms with Crippen LogP contribution < -0.4 is 4.90 Å². The molecule has 0 spiro atoms. The van der Waals surface area contributed by atoms with Gasteiger partial charge in [0.05, 0.1) is 5.69 Å². The number of aryl methyl sites for hydroxylation is 3. The Morgan fingerprint density at radius 1 is 0.968 bits per heavy atom. The maximum absolute atomic E-state index is 13.1. The summed E-state index contributed by atoms with van der Waals surface area (Å²) in [6.07, 6.45) is 0. The van der Waals surface area contributed by atoms with E-state index in [4.69, 9.17) is 4.52 Å². The van der Waals surface area contributed by atoms with Crippen LogP contribution in [0.5, 0.6) is 0 Å². The largest absolute Gasteiger partial charge is 0.337 e. The summed E-state index contributed by atoms with van der Waals surface area (Å²) in [5, 5.41) is 13.5. The Bertz CT molecular complexity index is 1220. The summed E-state index contributed by atoms with van der Waals surface area (Å²) in [6.45, 7) is 6.09. The lowest BCUT2D eigenvalue weighted by Gasteiger charge is -2.19. The van der Waals surface area contributed by atoms with Crippen molar-refractivity contribution in [1.29, 1.82) is 0 Å². The number of carbonyl (C=O) groups excluding carboxylic acids is 2. The summed E-state index contributed by atoms with van der Waals surface area (Å²) < 4.78 is 5.37. The highest BCUT2D eigenvalue weighted by atomic mass is 16.5. The Morgan fingerprint density at radius 3 is 2.48 bits per heavy atom. The summed E-state index contributed by atoms with van der Waals surface area (Å²) in [6, 6.07) is 11.5. The number of fused-ring (bicyclic) bond motifs is 1. The van der Waals surface area contributed by atoms with Crippen molar-refractivity contribution in [3.8, 4) is 11.4 Å². The van der Waals surface area contributed by atoms with Crippen LogP contribution in [0.2, 0.25) is 0 Å². The van der Waals surface area contributed by atoms with Crippen LogP contribution in [0, 0.1) is 20.8 Å². The highest BCUT2D eigenvalue weighted by molar-refractivity contribution is 6.25. The summed E-state index contributed by atoms with van der Waals surface area (Å²) >= 11 is 0. The van der Waals surface area contributed by atoms with Gasteiger partial charge in [0.2, 0.25) is 11.7 Å². The number of carbonyl (C=O) groups is 2. The van der Waals surface area contributed by atoms with Gasteiger partial charge in [-0.1, -0.05) is 40.2 Å². The molecule has 3 aromatic rings. The Labute approximate surface area is 178 Å². The zero-order valence-electron chi connectivity index (χ0n) is 17.3. The SMILES string of the molecule is Cc1ccc(N2C(=O)[C@@H]3N=NN(Cc4nc(-c5ccc(C)c(C)c5)no4)[C@H]3C2=O)cc1. The topological polar surface area (TPSA) is 104 Å². The molecule has 0 N–H and O–H groups in total. The van der Waals surface area contributed by atoms with Crippen LogP contribution in [0.4, 0.5) is 5.69 Å². The molecule has 1 saturated heterocycles. The van der Waals surface area contributed by atoms with Crippen LogP contribution in [0.25, 0.3) is 11.4 Å². The molecule has 0 saturated carbocycles. The fourth-order valence-electron chi connectivity index (χ4n) is 3.76. The summed E-state index contributed by atoms with van der Waals surface area (Å²) in [5.41, 5.74) is 4.72. The number of rotatable bonds is 4. The second-order valence-corrected chi connectivity index (χ2v) is 7.85. The van der Waals surface area contributed by atoms with E-state index >= 15 is 0 Å². The molecule has 0 unspecified atom stereocenters. The van der Waals surface area contributed by atoms with Crippen molar-refractivity contribution in [3.63, 3.8) is 0 Å². The minimum absolute atomic E-state index is 0.0866. The van der Waals surface area contributed by atoms with Gasteiger partial charge in [0.25, 0.3) is 11.8 Å². The highest BCUT2D eigenvalue weighted by Gasteiger charge is 2.55. The predicted molar refractivity (Wildman–Crippen MR) is 111 cm³/mol. The van der Waals surface area contributed by atoms with E-state index in [0.717, 1.165) is 16.7 Å². The van der Waals surface area contributed by atoms with Crippen molar-refractivity contribution in [2.45, 2.75) is 39.4 Å². The number of amides is 2. The summed E-state index contributed by atoms with van der Waals surface area (Å²) in [7, 11) is 0. The van der Waals surface area contributed by atoms with Crippen LogP contribution in [0.15, 0.2) is 57.3 Å². The Hall–Kier alpha value is -3.88. The third-order valence-electron chi connectivity index (χ3n) is 5.68. The van der Waals surface area contributed by atoms with Gasteiger partial charge in [0, 0.05) is 5.56 Å². The molecule has 2 amide bonds. The third kappa shape index (κ3) is 3.18. The van der Waals surface area contributed by atoms with Gasteiger partial charge < -0.3 is 4.52 Å². The van der Waals surface area contributed by atoms with E-state index < -0.39 is 12.1 Å². The van der Waals surface area contributed by atoms with Crippen molar-refractivity contribution >= 4 is 17.5 Å². The molecule has 2 atom stereocenters. The number of aromatic nitrogens is 2. The van der Waals surface area contributed by atoms with Gasteiger partial charge >= 0.3 is 0 Å². The molecule has 9 heteroatoms. The van der Waals surface area contributed by atoms with Crippen LogP contribution >= 0.6 is 0 Å². The molecule has 9 nitrogen and oxygen atoms in total.